The lowest BCUT2D eigenvalue weighted by Gasteiger charge is -2.38. The second-order valence-electron chi connectivity index (χ2n) is 4.70. The van der Waals surface area contributed by atoms with Crippen LogP contribution in [0.4, 0.5) is 4.79 Å². The van der Waals surface area contributed by atoms with Gasteiger partial charge in [-0.05, 0) is 40.3 Å². The fraction of sp³-hybridized carbons (Fsp3) is 0.417. The van der Waals surface area contributed by atoms with Crippen LogP contribution in [0.15, 0.2) is 24.3 Å². The van der Waals surface area contributed by atoms with Gasteiger partial charge >= 0.3 is 6.09 Å². The van der Waals surface area contributed by atoms with Gasteiger partial charge in [0.15, 0.2) is 0 Å². The van der Waals surface area contributed by atoms with Gasteiger partial charge in [0.25, 0.3) is 0 Å². The first kappa shape index (κ1) is 14.6. The fourth-order valence-corrected chi connectivity index (χ4v) is 2.48. The highest BCUT2D eigenvalue weighted by atomic mass is 127. The molecule has 1 fully saturated rings. The first-order chi connectivity index (χ1) is 7.49. The normalized spacial score (nSPS) is 22.1. The summed E-state index contributed by atoms with van der Waals surface area (Å²) in [6, 6.07) is 8.20. The Bertz CT molecular complexity index is 423. The molecule has 0 radical (unpaired) electrons. The summed E-state index contributed by atoms with van der Waals surface area (Å²) in [6.45, 7) is 4.64. The van der Waals surface area contributed by atoms with E-state index in [9.17, 15) is 4.79 Å². The number of ether oxygens (including phenoxy) is 1. The molecule has 0 spiro atoms. The van der Waals surface area contributed by atoms with Crippen molar-refractivity contribution in [3.63, 3.8) is 0 Å². The zero-order chi connectivity index (χ0) is 11.8. The zero-order valence-electron chi connectivity index (χ0n) is 9.70. The topological polar surface area (TPSA) is 38.3 Å². The van der Waals surface area contributed by atoms with Crippen LogP contribution >= 0.6 is 35.0 Å². The van der Waals surface area contributed by atoms with E-state index in [0.717, 1.165) is 5.56 Å². The molecule has 3 nitrogen and oxygen atoms in total. The Balaban J connectivity index is 0.00000144. The standard InChI is InChI=1S/C12H14INO2.ClH/c1-12(2)7-16-11(15)14-10(12)8-4-3-5-9(13)6-8;/h3-6,10H,7H2,1-2H3,(H,14,15);1H/t10-;/m0./s1. The summed E-state index contributed by atoms with van der Waals surface area (Å²) in [5.41, 5.74) is 1.05. The SMILES string of the molecule is CC1(C)COC(=O)N[C@H]1c1cccc(I)c1.Cl. The Labute approximate surface area is 121 Å². The smallest absolute Gasteiger partial charge is 0.407 e. The predicted molar refractivity (Wildman–Crippen MR) is 77.4 cm³/mol. The van der Waals surface area contributed by atoms with E-state index in [1.807, 2.05) is 18.2 Å². The number of nitrogens with one attached hydrogen (secondary N) is 1. The van der Waals surface area contributed by atoms with Crippen LogP contribution in [0.3, 0.4) is 0 Å². The molecule has 94 valence electrons. The summed E-state index contributed by atoms with van der Waals surface area (Å²) in [6.07, 6.45) is -0.330. The molecule has 1 atom stereocenters. The molecule has 0 aliphatic carbocycles. The lowest BCUT2D eigenvalue weighted by atomic mass is 9.80. The molecule has 0 unspecified atom stereocenters. The van der Waals surface area contributed by atoms with Gasteiger partial charge in [-0.15, -0.1) is 12.4 Å². The number of cyclic esters (lactones) is 1. The molecular weight excluding hydrogens is 352 g/mol. The fourth-order valence-electron chi connectivity index (χ4n) is 1.91. The van der Waals surface area contributed by atoms with Crippen molar-refractivity contribution >= 4 is 41.1 Å². The van der Waals surface area contributed by atoms with Crippen LogP contribution in [0.2, 0.25) is 0 Å². The Kier molecular flexibility index (Phi) is 4.66. The van der Waals surface area contributed by atoms with Crippen LogP contribution in [0.25, 0.3) is 0 Å². The molecule has 17 heavy (non-hydrogen) atoms. The average molecular weight is 368 g/mol. The monoisotopic (exact) mass is 367 g/mol. The van der Waals surface area contributed by atoms with Gasteiger partial charge in [-0.2, -0.15) is 0 Å². The highest BCUT2D eigenvalue weighted by Gasteiger charge is 2.37. The summed E-state index contributed by atoms with van der Waals surface area (Å²) in [4.78, 5) is 11.3. The number of carbonyl (C=O) groups excluding carboxylic acids is 1. The zero-order valence-corrected chi connectivity index (χ0v) is 12.7. The number of rotatable bonds is 1. The first-order valence-electron chi connectivity index (χ1n) is 5.18. The van der Waals surface area contributed by atoms with E-state index in [0.29, 0.717) is 6.61 Å². The number of hydrogen-bond acceptors (Lipinski definition) is 2. The van der Waals surface area contributed by atoms with Crippen molar-refractivity contribution in [1.29, 1.82) is 0 Å². The van der Waals surface area contributed by atoms with E-state index in [4.69, 9.17) is 4.74 Å². The number of amides is 1. The van der Waals surface area contributed by atoms with E-state index in [1.54, 1.807) is 0 Å². The first-order valence-corrected chi connectivity index (χ1v) is 6.26. The number of carbonyl (C=O) groups is 1. The number of hydrogen-bond donors (Lipinski definition) is 1. The van der Waals surface area contributed by atoms with Crippen LogP contribution in [-0.4, -0.2) is 12.7 Å². The third-order valence-electron chi connectivity index (χ3n) is 2.80. The van der Waals surface area contributed by atoms with Crippen molar-refractivity contribution in [2.24, 2.45) is 5.41 Å². The van der Waals surface area contributed by atoms with Crippen molar-refractivity contribution in [1.82, 2.24) is 5.32 Å². The molecule has 5 heteroatoms. The average Bonchev–Trinajstić information content (AvgIpc) is 2.22. The Morgan fingerprint density at radius 3 is 2.82 bits per heavy atom. The van der Waals surface area contributed by atoms with Gasteiger partial charge in [-0.25, -0.2) is 4.79 Å². The van der Waals surface area contributed by atoms with Gasteiger partial charge in [0.1, 0.15) is 6.61 Å². The van der Waals surface area contributed by atoms with Gasteiger partial charge in [-0.1, -0.05) is 26.0 Å². The molecule has 1 heterocycles. The summed E-state index contributed by atoms with van der Waals surface area (Å²) >= 11 is 2.27. The van der Waals surface area contributed by atoms with Crippen molar-refractivity contribution in [3.05, 3.63) is 33.4 Å². The minimum Gasteiger partial charge on any atom is -0.449 e. The van der Waals surface area contributed by atoms with E-state index in [2.05, 4.69) is 47.8 Å². The van der Waals surface area contributed by atoms with E-state index >= 15 is 0 Å². The van der Waals surface area contributed by atoms with Gasteiger partial charge < -0.3 is 10.1 Å². The van der Waals surface area contributed by atoms with Crippen molar-refractivity contribution in [2.45, 2.75) is 19.9 Å². The van der Waals surface area contributed by atoms with Crippen LogP contribution < -0.4 is 5.32 Å². The third-order valence-corrected chi connectivity index (χ3v) is 3.47. The molecule has 2 rings (SSSR count). The molecule has 0 saturated carbocycles. The summed E-state index contributed by atoms with van der Waals surface area (Å²) in [5, 5.41) is 2.89. The Morgan fingerprint density at radius 1 is 1.47 bits per heavy atom. The van der Waals surface area contributed by atoms with Gasteiger partial charge in [0.2, 0.25) is 0 Å². The highest BCUT2D eigenvalue weighted by Crippen LogP contribution is 2.36. The van der Waals surface area contributed by atoms with Crippen LogP contribution in [0, 0.1) is 8.99 Å². The summed E-state index contributed by atoms with van der Waals surface area (Å²) < 4.78 is 6.20. The molecular formula is C12H15ClINO2. The second-order valence-corrected chi connectivity index (χ2v) is 5.94. The molecule has 1 aliphatic heterocycles. The number of benzene rings is 1. The van der Waals surface area contributed by atoms with Gasteiger partial charge in [0.05, 0.1) is 6.04 Å². The van der Waals surface area contributed by atoms with Crippen LogP contribution in [0.5, 0.6) is 0 Å². The molecule has 1 saturated heterocycles. The lowest BCUT2D eigenvalue weighted by molar-refractivity contribution is 0.0387. The summed E-state index contributed by atoms with van der Waals surface area (Å²) in [5.74, 6) is 0. The largest absolute Gasteiger partial charge is 0.449 e. The van der Waals surface area contributed by atoms with Gasteiger partial charge in [-0.3, -0.25) is 0 Å². The van der Waals surface area contributed by atoms with E-state index < -0.39 is 0 Å². The number of alkyl carbamates (subject to hydrolysis) is 1. The minimum atomic E-state index is -0.330. The van der Waals surface area contributed by atoms with E-state index in [1.165, 1.54) is 3.57 Å². The highest BCUT2D eigenvalue weighted by molar-refractivity contribution is 14.1. The quantitative estimate of drug-likeness (QED) is 0.771. The maximum Gasteiger partial charge on any atom is 0.407 e. The Morgan fingerprint density at radius 2 is 2.18 bits per heavy atom. The molecule has 1 N–H and O–H groups in total. The molecule has 1 aromatic carbocycles. The summed E-state index contributed by atoms with van der Waals surface area (Å²) in [7, 11) is 0. The van der Waals surface area contributed by atoms with Crippen molar-refractivity contribution < 1.29 is 9.53 Å². The maximum atomic E-state index is 11.3. The van der Waals surface area contributed by atoms with Crippen molar-refractivity contribution in [2.75, 3.05) is 6.61 Å². The third kappa shape index (κ3) is 3.25. The van der Waals surface area contributed by atoms with Crippen molar-refractivity contribution in [3.8, 4) is 0 Å². The van der Waals surface area contributed by atoms with E-state index in [-0.39, 0.29) is 30.0 Å². The molecule has 1 aliphatic rings. The molecule has 0 aromatic heterocycles. The molecule has 1 aromatic rings. The van der Waals surface area contributed by atoms with Gasteiger partial charge in [0, 0.05) is 8.99 Å². The second kappa shape index (κ2) is 5.44. The minimum absolute atomic E-state index is 0. The molecule has 1 amide bonds. The Hall–Kier alpha value is -0.490. The lowest BCUT2D eigenvalue weighted by Crippen LogP contribution is -2.46. The maximum absolute atomic E-state index is 11.3. The van der Waals surface area contributed by atoms with Crippen LogP contribution in [0.1, 0.15) is 25.5 Å². The predicted octanol–water partition coefficient (Wildman–Crippen LogP) is 3.52. The number of halogens is 2. The molecule has 0 bridgehead atoms. The van der Waals surface area contributed by atoms with Crippen LogP contribution in [-0.2, 0) is 4.74 Å².